The zero-order valence-electron chi connectivity index (χ0n) is 22.7. The number of nitrogens with zero attached hydrogens (tertiary/aromatic N) is 7. The number of hydrogen-bond donors (Lipinski definition) is 1. The van der Waals surface area contributed by atoms with Crippen molar-refractivity contribution in [2.24, 2.45) is 7.05 Å². The van der Waals surface area contributed by atoms with Crippen molar-refractivity contribution in [2.75, 3.05) is 29.9 Å². The van der Waals surface area contributed by atoms with Crippen LogP contribution < -0.4 is 15.0 Å². The van der Waals surface area contributed by atoms with E-state index in [0.717, 1.165) is 50.5 Å². The van der Waals surface area contributed by atoms with Crippen LogP contribution in [0.15, 0.2) is 74.0 Å². The average Bonchev–Trinajstić information content (AvgIpc) is 3.33. The van der Waals surface area contributed by atoms with E-state index in [4.69, 9.17) is 4.74 Å². The average molecular weight is 535 g/mol. The number of anilines is 3. The van der Waals surface area contributed by atoms with Crippen molar-refractivity contribution in [1.29, 1.82) is 0 Å². The second kappa shape index (κ2) is 10.3. The molecule has 4 heterocycles. The van der Waals surface area contributed by atoms with Crippen molar-refractivity contribution in [3.8, 4) is 11.5 Å². The van der Waals surface area contributed by atoms with Gasteiger partial charge in [0.1, 0.15) is 29.5 Å². The number of carbonyl (C=O) groups is 1. The summed E-state index contributed by atoms with van der Waals surface area (Å²) in [6, 6.07) is 13.9. The SMILES string of the molecule is C=CC(=O)N1CCN(c2cc3c(Nc4ccc(Oc5ccc6c(c5)ncn6C)c(C)c4)ncnc3cn2)C[C@H]1C. The van der Waals surface area contributed by atoms with E-state index in [1.54, 1.807) is 12.5 Å². The second-order valence-electron chi connectivity index (χ2n) is 10.0. The van der Waals surface area contributed by atoms with Gasteiger partial charge in [0.2, 0.25) is 5.91 Å². The molecule has 5 aromatic rings. The Morgan fingerprint density at radius 3 is 2.75 bits per heavy atom. The number of fused-ring (bicyclic) bond motifs is 2. The molecule has 0 unspecified atom stereocenters. The molecule has 1 N–H and O–H groups in total. The van der Waals surface area contributed by atoms with E-state index < -0.39 is 0 Å². The first-order valence-electron chi connectivity index (χ1n) is 13.1. The van der Waals surface area contributed by atoms with E-state index in [9.17, 15) is 4.79 Å². The van der Waals surface area contributed by atoms with Gasteiger partial charge in [-0.05, 0) is 61.9 Å². The summed E-state index contributed by atoms with van der Waals surface area (Å²) in [6.07, 6.45) is 6.47. The van der Waals surface area contributed by atoms with Crippen molar-refractivity contribution < 1.29 is 9.53 Å². The van der Waals surface area contributed by atoms with Gasteiger partial charge in [-0.25, -0.2) is 19.9 Å². The number of aryl methyl sites for hydroxylation is 2. The quantitative estimate of drug-likeness (QED) is 0.305. The first-order valence-corrected chi connectivity index (χ1v) is 13.1. The third kappa shape index (κ3) is 4.79. The summed E-state index contributed by atoms with van der Waals surface area (Å²) in [7, 11) is 1.97. The number of carbonyl (C=O) groups excluding carboxylic acids is 1. The first kappa shape index (κ1) is 25.3. The maximum atomic E-state index is 12.1. The number of piperazine rings is 1. The largest absolute Gasteiger partial charge is 0.457 e. The van der Waals surface area contributed by atoms with Crippen LogP contribution in [0.2, 0.25) is 0 Å². The minimum absolute atomic E-state index is 0.0421. The number of hydrogen-bond acceptors (Lipinski definition) is 8. The van der Waals surface area contributed by atoms with E-state index >= 15 is 0 Å². The van der Waals surface area contributed by atoms with E-state index in [-0.39, 0.29) is 11.9 Å². The molecule has 0 bridgehead atoms. The summed E-state index contributed by atoms with van der Waals surface area (Å²) in [5, 5.41) is 4.31. The molecule has 10 heteroatoms. The van der Waals surface area contributed by atoms with E-state index in [0.29, 0.717) is 25.5 Å². The molecule has 0 spiro atoms. The fourth-order valence-corrected chi connectivity index (χ4v) is 5.12. The second-order valence-corrected chi connectivity index (χ2v) is 10.0. The van der Waals surface area contributed by atoms with Crippen LogP contribution >= 0.6 is 0 Å². The zero-order chi connectivity index (χ0) is 27.8. The molecule has 1 atom stereocenters. The molecule has 202 valence electrons. The van der Waals surface area contributed by atoms with Gasteiger partial charge < -0.3 is 24.4 Å². The number of amides is 1. The summed E-state index contributed by atoms with van der Waals surface area (Å²) >= 11 is 0. The lowest BCUT2D eigenvalue weighted by Crippen LogP contribution is -2.53. The van der Waals surface area contributed by atoms with Crippen molar-refractivity contribution in [2.45, 2.75) is 19.9 Å². The lowest BCUT2D eigenvalue weighted by atomic mass is 10.1. The smallest absolute Gasteiger partial charge is 0.246 e. The van der Waals surface area contributed by atoms with Gasteiger partial charge in [-0.2, -0.15) is 0 Å². The lowest BCUT2D eigenvalue weighted by Gasteiger charge is -2.40. The van der Waals surface area contributed by atoms with Gasteiger partial charge >= 0.3 is 0 Å². The van der Waals surface area contributed by atoms with E-state index in [2.05, 4.69) is 36.7 Å². The minimum atomic E-state index is -0.0421. The number of imidazole rings is 1. The third-order valence-corrected chi connectivity index (χ3v) is 7.28. The normalized spacial score (nSPS) is 15.4. The van der Waals surface area contributed by atoms with Crippen molar-refractivity contribution in [3.05, 3.63) is 79.5 Å². The van der Waals surface area contributed by atoms with Crippen molar-refractivity contribution >= 4 is 45.2 Å². The summed E-state index contributed by atoms with van der Waals surface area (Å²) in [4.78, 5) is 34.2. The molecule has 1 fully saturated rings. The standard InChI is InChI=1S/C30H30N8O2/c1-5-29(39)38-11-10-37(16-20(38)3)28-14-23-25(15-31-28)32-17-33-30(23)35-21-6-9-27(19(2)12-21)40-22-7-8-26-24(13-22)34-18-36(26)4/h5-9,12-15,17-18,20H,1,10-11,16H2,2-4H3,(H,32,33,35)/t20-/m1/s1. The fraction of sp³-hybridized carbons (Fsp3) is 0.233. The Morgan fingerprint density at radius 2 is 1.95 bits per heavy atom. The van der Waals surface area contributed by atoms with Crippen LogP contribution in [0.5, 0.6) is 11.5 Å². The Morgan fingerprint density at radius 1 is 1.07 bits per heavy atom. The molecule has 40 heavy (non-hydrogen) atoms. The molecule has 0 aliphatic carbocycles. The monoisotopic (exact) mass is 534 g/mol. The maximum Gasteiger partial charge on any atom is 0.246 e. The number of aromatic nitrogens is 5. The molecular formula is C30H30N8O2. The highest BCUT2D eigenvalue weighted by molar-refractivity contribution is 5.92. The van der Waals surface area contributed by atoms with Crippen LogP contribution in [-0.2, 0) is 11.8 Å². The highest BCUT2D eigenvalue weighted by atomic mass is 16.5. The number of nitrogens with one attached hydrogen (secondary N) is 1. The molecule has 1 aliphatic heterocycles. The predicted octanol–water partition coefficient (Wildman–Crippen LogP) is 4.98. The molecule has 10 nitrogen and oxygen atoms in total. The van der Waals surface area contributed by atoms with Crippen LogP contribution in [0.1, 0.15) is 12.5 Å². The summed E-state index contributed by atoms with van der Waals surface area (Å²) in [6.45, 7) is 9.65. The van der Waals surface area contributed by atoms with Gasteiger partial charge in [-0.15, -0.1) is 0 Å². The topological polar surface area (TPSA) is 101 Å². The molecular weight excluding hydrogens is 504 g/mol. The van der Waals surface area contributed by atoms with E-state index in [1.807, 2.05) is 72.8 Å². The van der Waals surface area contributed by atoms with Gasteiger partial charge in [0.15, 0.2) is 0 Å². The molecule has 6 rings (SSSR count). The molecule has 1 aliphatic rings. The van der Waals surface area contributed by atoms with Crippen molar-refractivity contribution in [1.82, 2.24) is 29.4 Å². The van der Waals surface area contributed by atoms with Crippen LogP contribution in [0.25, 0.3) is 21.9 Å². The predicted molar refractivity (Wildman–Crippen MR) is 156 cm³/mol. The third-order valence-electron chi connectivity index (χ3n) is 7.28. The highest BCUT2D eigenvalue weighted by Crippen LogP contribution is 2.32. The lowest BCUT2D eigenvalue weighted by molar-refractivity contribution is -0.128. The molecule has 0 saturated carbocycles. The Bertz CT molecular complexity index is 1750. The summed E-state index contributed by atoms with van der Waals surface area (Å²) in [5.41, 5.74) is 4.55. The van der Waals surface area contributed by atoms with Crippen LogP contribution in [-0.4, -0.2) is 61.0 Å². The molecule has 1 amide bonds. The van der Waals surface area contributed by atoms with Crippen molar-refractivity contribution in [3.63, 3.8) is 0 Å². The maximum absolute atomic E-state index is 12.1. The molecule has 3 aromatic heterocycles. The molecule has 2 aromatic carbocycles. The Labute approximate surface area is 232 Å². The Hall–Kier alpha value is -4.99. The summed E-state index contributed by atoms with van der Waals surface area (Å²) < 4.78 is 8.16. The van der Waals surface area contributed by atoms with Crippen LogP contribution in [0, 0.1) is 6.92 Å². The number of pyridine rings is 1. The van der Waals surface area contributed by atoms with Gasteiger partial charge in [-0.1, -0.05) is 6.58 Å². The van der Waals surface area contributed by atoms with Crippen LogP contribution in [0.3, 0.4) is 0 Å². The first-order chi connectivity index (χ1) is 19.4. The van der Waals surface area contributed by atoms with Gasteiger partial charge in [0, 0.05) is 49.9 Å². The van der Waals surface area contributed by atoms with Gasteiger partial charge in [0.25, 0.3) is 0 Å². The van der Waals surface area contributed by atoms with Gasteiger partial charge in [-0.3, -0.25) is 4.79 Å². The number of ether oxygens (including phenoxy) is 1. The highest BCUT2D eigenvalue weighted by Gasteiger charge is 2.27. The Balaban J connectivity index is 1.21. The number of rotatable bonds is 6. The summed E-state index contributed by atoms with van der Waals surface area (Å²) in [5.74, 6) is 2.98. The Kier molecular flexibility index (Phi) is 6.51. The zero-order valence-corrected chi connectivity index (χ0v) is 22.7. The number of benzene rings is 2. The molecule has 0 radical (unpaired) electrons. The van der Waals surface area contributed by atoms with Gasteiger partial charge in [0.05, 0.1) is 29.1 Å². The van der Waals surface area contributed by atoms with E-state index in [1.165, 1.54) is 12.4 Å². The van der Waals surface area contributed by atoms with Crippen LogP contribution in [0.4, 0.5) is 17.3 Å². The molecule has 1 saturated heterocycles. The minimum Gasteiger partial charge on any atom is -0.457 e. The fourth-order valence-electron chi connectivity index (χ4n) is 5.12.